The molecule has 0 fully saturated rings. The molecule has 0 aliphatic heterocycles. The maximum absolute atomic E-state index is 14.9. The Hall–Kier alpha value is -1.41. The summed E-state index contributed by atoms with van der Waals surface area (Å²) in [6.07, 6.45) is 0.557. The van der Waals surface area contributed by atoms with Crippen LogP contribution < -0.4 is 0 Å². The highest BCUT2D eigenvalue weighted by atomic mass is 127. The van der Waals surface area contributed by atoms with Crippen LogP contribution in [0.4, 0.5) is 17.6 Å². The van der Waals surface area contributed by atoms with Gasteiger partial charge in [0.2, 0.25) is 0 Å². The first-order valence-corrected chi connectivity index (χ1v) is 9.53. The molecular weight excluding hydrogens is 459 g/mol. The zero-order chi connectivity index (χ0) is 19.0. The molecule has 0 saturated heterocycles. The zero-order valence-electron chi connectivity index (χ0n) is 14.3. The highest BCUT2D eigenvalue weighted by Gasteiger charge is 2.23. The van der Waals surface area contributed by atoms with Gasteiger partial charge in [-0.1, -0.05) is 47.7 Å². The van der Waals surface area contributed by atoms with Gasteiger partial charge in [0, 0.05) is 16.7 Å². The van der Waals surface area contributed by atoms with E-state index in [1.54, 1.807) is 12.1 Å². The lowest BCUT2D eigenvalue weighted by atomic mass is 9.92. The smallest absolute Gasteiger partial charge is 0.167 e. The van der Waals surface area contributed by atoms with Gasteiger partial charge in [0.15, 0.2) is 23.3 Å². The van der Waals surface area contributed by atoms with Gasteiger partial charge in [0.25, 0.3) is 0 Å². The van der Waals surface area contributed by atoms with Crippen molar-refractivity contribution in [3.05, 3.63) is 59.2 Å². The molecule has 0 radical (unpaired) electrons. The molecule has 0 N–H and O–H groups in total. The standard InChI is InChI=1S/C20H17F4IO/c1-3-11(9-26-10(2)25)14-8-13-5-4-12-6-7-15(21)19(23)16(12)17(13)20(24)18(14)22/h4-8,10-11H,3,9H2,1-2H3. The molecule has 3 aromatic rings. The van der Waals surface area contributed by atoms with Gasteiger partial charge in [-0.3, -0.25) is 0 Å². The number of fused-ring (bicyclic) bond motifs is 3. The SMILES string of the molecule is CCC(COC(C)I)c1cc2ccc3ccc(F)c(F)c3c2c(F)c1F. The van der Waals surface area contributed by atoms with Crippen molar-refractivity contribution in [2.45, 2.75) is 30.3 Å². The molecule has 138 valence electrons. The molecule has 0 aromatic heterocycles. The molecule has 2 unspecified atom stereocenters. The van der Waals surface area contributed by atoms with Gasteiger partial charge < -0.3 is 4.74 Å². The molecule has 2 atom stereocenters. The van der Waals surface area contributed by atoms with Crippen molar-refractivity contribution in [2.75, 3.05) is 6.61 Å². The molecule has 3 rings (SSSR count). The van der Waals surface area contributed by atoms with E-state index in [1.165, 1.54) is 12.1 Å². The Morgan fingerprint density at radius 2 is 1.54 bits per heavy atom. The predicted octanol–water partition coefficient (Wildman–Crippen LogP) is 6.84. The molecule has 0 heterocycles. The summed E-state index contributed by atoms with van der Waals surface area (Å²) in [7, 11) is 0. The maximum Gasteiger partial charge on any atom is 0.167 e. The van der Waals surface area contributed by atoms with Gasteiger partial charge in [-0.15, -0.1) is 0 Å². The maximum atomic E-state index is 14.9. The van der Waals surface area contributed by atoms with E-state index in [2.05, 4.69) is 22.6 Å². The summed E-state index contributed by atoms with van der Waals surface area (Å²) in [6.45, 7) is 3.97. The molecule has 3 aromatic carbocycles. The Bertz CT molecular complexity index is 971. The van der Waals surface area contributed by atoms with Gasteiger partial charge >= 0.3 is 0 Å². The first-order chi connectivity index (χ1) is 12.3. The van der Waals surface area contributed by atoms with Gasteiger partial charge in [0.05, 0.1) is 6.61 Å². The fourth-order valence-corrected chi connectivity index (χ4v) is 3.37. The van der Waals surface area contributed by atoms with Crippen molar-refractivity contribution >= 4 is 44.1 Å². The van der Waals surface area contributed by atoms with Crippen LogP contribution in [0.3, 0.4) is 0 Å². The highest BCUT2D eigenvalue weighted by Crippen LogP contribution is 2.36. The number of benzene rings is 3. The van der Waals surface area contributed by atoms with Gasteiger partial charge in [-0.05, 0) is 41.8 Å². The van der Waals surface area contributed by atoms with E-state index in [-0.39, 0.29) is 33.0 Å². The summed E-state index contributed by atoms with van der Waals surface area (Å²) in [5.74, 6) is -4.80. The minimum absolute atomic E-state index is 0.0592. The molecule has 1 nitrogen and oxygen atoms in total. The largest absolute Gasteiger partial charge is 0.368 e. The highest BCUT2D eigenvalue weighted by molar-refractivity contribution is 14.1. The van der Waals surface area contributed by atoms with Crippen molar-refractivity contribution in [3.8, 4) is 0 Å². The third kappa shape index (κ3) is 3.41. The monoisotopic (exact) mass is 476 g/mol. The van der Waals surface area contributed by atoms with Crippen LogP contribution in [-0.4, -0.2) is 10.7 Å². The van der Waals surface area contributed by atoms with E-state index >= 15 is 0 Å². The first-order valence-electron chi connectivity index (χ1n) is 8.29. The minimum Gasteiger partial charge on any atom is -0.368 e. The van der Waals surface area contributed by atoms with Gasteiger partial charge in [-0.25, -0.2) is 17.6 Å². The Kier molecular flexibility index (Phi) is 5.72. The normalized spacial score (nSPS) is 14.1. The van der Waals surface area contributed by atoms with Crippen molar-refractivity contribution in [1.82, 2.24) is 0 Å². The molecule has 0 aliphatic rings. The zero-order valence-corrected chi connectivity index (χ0v) is 16.4. The van der Waals surface area contributed by atoms with Crippen LogP contribution in [-0.2, 0) is 4.74 Å². The third-order valence-electron chi connectivity index (χ3n) is 4.54. The lowest BCUT2D eigenvalue weighted by Gasteiger charge is -2.19. The second-order valence-corrected chi connectivity index (χ2v) is 7.95. The lowest BCUT2D eigenvalue weighted by molar-refractivity contribution is 0.117. The van der Waals surface area contributed by atoms with E-state index in [4.69, 9.17) is 4.74 Å². The second-order valence-electron chi connectivity index (χ2n) is 6.20. The van der Waals surface area contributed by atoms with Crippen molar-refractivity contribution in [3.63, 3.8) is 0 Å². The fourth-order valence-electron chi connectivity index (χ4n) is 3.16. The Morgan fingerprint density at radius 1 is 0.923 bits per heavy atom. The number of rotatable bonds is 5. The van der Waals surface area contributed by atoms with Crippen LogP contribution in [0.25, 0.3) is 21.5 Å². The topological polar surface area (TPSA) is 9.23 Å². The average Bonchev–Trinajstić information content (AvgIpc) is 2.61. The summed E-state index contributed by atoms with van der Waals surface area (Å²) in [5, 5.41) is 0.169. The van der Waals surface area contributed by atoms with Gasteiger partial charge in [-0.2, -0.15) is 0 Å². The third-order valence-corrected chi connectivity index (χ3v) is 4.90. The molecule has 26 heavy (non-hydrogen) atoms. The Labute approximate surface area is 162 Å². The molecule has 0 spiro atoms. The van der Waals surface area contributed by atoms with E-state index < -0.39 is 23.3 Å². The van der Waals surface area contributed by atoms with E-state index in [0.717, 1.165) is 6.07 Å². The van der Waals surface area contributed by atoms with Crippen molar-refractivity contribution in [1.29, 1.82) is 0 Å². The van der Waals surface area contributed by atoms with Crippen LogP contribution in [0.2, 0.25) is 0 Å². The molecular formula is C20H17F4IO. The average molecular weight is 476 g/mol. The number of hydrogen-bond acceptors (Lipinski definition) is 1. The fraction of sp³-hybridized carbons (Fsp3) is 0.300. The Balaban J connectivity index is 2.25. The summed E-state index contributed by atoms with van der Waals surface area (Å²) in [5.41, 5.74) is 0.186. The van der Waals surface area contributed by atoms with Crippen molar-refractivity contribution in [2.24, 2.45) is 0 Å². The van der Waals surface area contributed by atoms with Crippen LogP contribution in [0, 0.1) is 23.3 Å². The number of alkyl halides is 1. The van der Waals surface area contributed by atoms with E-state index in [1.807, 2.05) is 13.8 Å². The van der Waals surface area contributed by atoms with Crippen LogP contribution >= 0.6 is 22.6 Å². The van der Waals surface area contributed by atoms with E-state index in [9.17, 15) is 17.6 Å². The Morgan fingerprint density at radius 3 is 2.19 bits per heavy atom. The second kappa shape index (κ2) is 7.68. The summed E-state index contributed by atoms with van der Waals surface area (Å²) >= 11 is 2.09. The quantitative estimate of drug-likeness (QED) is 0.170. The summed E-state index contributed by atoms with van der Waals surface area (Å²) < 4.78 is 63.1. The van der Waals surface area contributed by atoms with E-state index in [0.29, 0.717) is 17.2 Å². The van der Waals surface area contributed by atoms with Crippen LogP contribution in [0.5, 0.6) is 0 Å². The van der Waals surface area contributed by atoms with Crippen LogP contribution in [0.15, 0.2) is 30.3 Å². The number of hydrogen-bond donors (Lipinski definition) is 0. The molecule has 0 saturated carbocycles. The first kappa shape index (κ1) is 19.4. The molecule has 0 amide bonds. The number of halogens is 5. The predicted molar refractivity (Wildman–Crippen MR) is 104 cm³/mol. The lowest BCUT2D eigenvalue weighted by Crippen LogP contribution is -2.12. The summed E-state index contributed by atoms with van der Waals surface area (Å²) in [6, 6.07) is 7.00. The molecule has 6 heteroatoms. The molecule has 0 bridgehead atoms. The van der Waals surface area contributed by atoms with Crippen LogP contribution in [0.1, 0.15) is 31.7 Å². The molecule has 0 aliphatic carbocycles. The number of ether oxygens (including phenoxy) is 1. The van der Waals surface area contributed by atoms with Crippen molar-refractivity contribution < 1.29 is 22.3 Å². The van der Waals surface area contributed by atoms with Gasteiger partial charge in [0.1, 0.15) is 4.11 Å². The summed E-state index contributed by atoms with van der Waals surface area (Å²) in [4.78, 5) is 0. The minimum atomic E-state index is -1.17.